The molecule has 2 rings (SSSR count). The van der Waals surface area contributed by atoms with E-state index in [4.69, 9.17) is 0 Å². The van der Waals surface area contributed by atoms with Crippen LogP contribution in [0, 0.1) is 3.57 Å². The predicted octanol–water partition coefficient (Wildman–Crippen LogP) is 3.27. The molecule has 0 aliphatic heterocycles. The van der Waals surface area contributed by atoms with Gasteiger partial charge in [-0.2, -0.15) is 4.90 Å². The van der Waals surface area contributed by atoms with Gasteiger partial charge < -0.3 is 9.51 Å². The molecule has 0 aromatic carbocycles. The van der Waals surface area contributed by atoms with Crippen molar-refractivity contribution >= 4 is 46.1 Å². The minimum atomic E-state index is -1.33. The van der Waals surface area contributed by atoms with E-state index in [-0.39, 0.29) is 11.2 Å². The van der Waals surface area contributed by atoms with Crippen molar-refractivity contribution in [3.8, 4) is 0 Å². The number of imide groups is 1. The van der Waals surface area contributed by atoms with E-state index in [1.165, 1.54) is 6.92 Å². The number of halogens is 1. The van der Waals surface area contributed by atoms with Gasteiger partial charge in [0.05, 0.1) is 5.69 Å². The molecular weight excluding hydrogens is 385 g/mol. The second kappa shape index (κ2) is 5.28. The van der Waals surface area contributed by atoms with E-state index in [2.05, 4.69) is 27.6 Å². The number of hydrogen-bond acceptors (Lipinski definition) is 3. The van der Waals surface area contributed by atoms with Crippen molar-refractivity contribution in [3.63, 3.8) is 0 Å². The average molecular weight is 401 g/mol. The Morgan fingerprint density at radius 1 is 1.33 bits per heavy atom. The first-order valence-electron chi connectivity index (χ1n) is 6.34. The zero-order valence-electron chi connectivity index (χ0n) is 12.2. The quantitative estimate of drug-likeness (QED) is 0.745. The minimum absolute atomic E-state index is 0.171. The van der Waals surface area contributed by atoms with E-state index in [0.717, 1.165) is 3.57 Å². The van der Waals surface area contributed by atoms with Crippen molar-refractivity contribution < 1.29 is 14.7 Å². The fourth-order valence-electron chi connectivity index (χ4n) is 2.23. The molecule has 2 aromatic heterocycles. The van der Waals surface area contributed by atoms with Gasteiger partial charge in [0, 0.05) is 22.1 Å². The maximum atomic E-state index is 11.7. The number of carbonyl (C=O) groups is 2. The number of carbonyl (C=O) groups excluding carboxylic acids is 1. The van der Waals surface area contributed by atoms with Gasteiger partial charge in [-0.25, -0.2) is 9.78 Å². The van der Waals surface area contributed by atoms with Gasteiger partial charge in [0.15, 0.2) is 5.82 Å². The smallest absolute Gasteiger partial charge is 0.420 e. The molecule has 2 heterocycles. The molecule has 0 saturated heterocycles. The molecule has 0 spiro atoms. The molecule has 1 N–H and O–H groups in total. The molecule has 0 unspecified atom stereocenters. The molecule has 21 heavy (non-hydrogen) atoms. The van der Waals surface area contributed by atoms with Crippen LogP contribution in [0.15, 0.2) is 18.3 Å². The summed E-state index contributed by atoms with van der Waals surface area (Å²) >= 11 is 2.18. The van der Waals surface area contributed by atoms with Gasteiger partial charge in [-0.1, -0.05) is 20.8 Å². The van der Waals surface area contributed by atoms with Crippen molar-refractivity contribution in [2.24, 2.45) is 0 Å². The number of anilines is 1. The molecule has 0 atom stereocenters. The van der Waals surface area contributed by atoms with Crippen LogP contribution in [-0.4, -0.2) is 26.5 Å². The Labute approximate surface area is 135 Å². The average Bonchev–Trinajstić information content (AvgIpc) is 2.65. The molecule has 0 aliphatic carbocycles. The molecule has 0 bridgehead atoms. The summed E-state index contributed by atoms with van der Waals surface area (Å²) in [4.78, 5) is 28.2. The van der Waals surface area contributed by atoms with Crippen LogP contribution in [0.2, 0.25) is 0 Å². The highest BCUT2D eigenvalue weighted by molar-refractivity contribution is 14.1. The highest BCUT2D eigenvalue weighted by atomic mass is 127. The summed E-state index contributed by atoms with van der Waals surface area (Å²) in [6.45, 7) is 7.09. The molecule has 2 aromatic rings. The maximum Gasteiger partial charge on any atom is 0.420 e. The summed E-state index contributed by atoms with van der Waals surface area (Å²) in [7, 11) is 0. The Hall–Kier alpha value is -1.64. The van der Waals surface area contributed by atoms with Gasteiger partial charge in [-0.05, 0) is 34.7 Å². The summed E-state index contributed by atoms with van der Waals surface area (Å²) in [5, 5.41) is 9.32. The summed E-state index contributed by atoms with van der Waals surface area (Å²) in [6, 6.07) is 3.69. The van der Waals surface area contributed by atoms with Crippen LogP contribution in [0.25, 0.3) is 5.65 Å². The summed E-state index contributed by atoms with van der Waals surface area (Å²) in [6.07, 6.45) is 0.554. The molecule has 0 fully saturated rings. The number of fused-ring (bicyclic) bond motifs is 1. The number of hydrogen-bond donors (Lipinski definition) is 1. The summed E-state index contributed by atoms with van der Waals surface area (Å²) < 4.78 is 2.84. The number of aromatic nitrogens is 2. The second-order valence-corrected chi connectivity index (χ2v) is 6.99. The van der Waals surface area contributed by atoms with Gasteiger partial charge >= 0.3 is 6.09 Å². The molecule has 0 radical (unpaired) electrons. The Morgan fingerprint density at radius 3 is 2.43 bits per heavy atom. The normalized spacial score (nSPS) is 11.7. The van der Waals surface area contributed by atoms with Crippen molar-refractivity contribution in [2.45, 2.75) is 33.1 Å². The van der Waals surface area contributed by atoms with E-state index in [9.17, 15) is 14.7 Å². The van der Waals surface area contributed by atoms with Crippen LogP contribution in [0.3, 0.4) is 0 Å². The Bertz CT molecular complexity index is 717. The fraction of sp³-hybridized carbons (Fsp3) is 0.357. The van der Waals surface area contributed by atoms with Gasteiger partial charge in [-0.3, -0.25) is 4.79 Å². The first-order chi connectivity index (χ1) is 9.62. The highest BCUT2D eigenvalue weighted by Crippen LogP contribution is 2.33. The maximum absolute atomic E-state index is 11.7. The molecular formula is C14H16IN3O3. The Morgan fingerprint density at radius 2 is 1.95 bits per heavy atom. The zero-order valence-corrected chi connectivity index (χ0v) is 14.4. The summed E-state index contributed by atoms with van der Waals surface area (Å²) in [5.41, 5.74) is 0.930. The largest absolute Gasteiger partial charge is 0.464 e. The Kier molecular flexibility index (Phi) is 3.96. The van der Waals surface area contributed by atoms with Crippen molar-refractivity contribution in [1.29, 1.82) is 0 Å². The van der Waals surface area contributed by atoms with E-state index < -0.39 is 12.0 Å². The van der Waals surface area contributed by atoms with Crippen molar-refractivity contribution in [3.05, 3.63) is 27.6 Å². The number of rotatable bonds is 1. The minimum Gasteiger partial charge on any atom is -0.464 e. The number of amides is 2. The SMILES string of the molecule is CC(=O)N(C(=O)O)c1nc2ccc(I)cn2c1C(C)(C)C. The van der Waals surface area contributed by atoms with Crippen LogP contribution in [0.1, 0.15) is 33.4 Å². The molecule has 0 saturated carbocycles. The van der Waals surface area contributed by atoms with Gasteiger partial charge in [0.2, 0.25) is 5.91 Å². The van der Waals surface area contributed by atoms with Crippen molar-refractivity contribution in [1.82, 2.24) is 9.38 Å². The lowest BCUT2D eigenvalue weighted by atomic mass is 9.91. The molecule has 7 heteroatoms. The van der Waals surface area contributed by atoms with Gasteiger partial charge in [0.1, 0.15) is 5.65 Å². The third kappa shape index (κ3) is 2.87. The molecule has 112 valence electrons. The van der Waals surface area contributed by atoms with Crippen LogP contribution in [0.4, 0.5) is 10.6 Å². The van der Waals surface area contributed by atoms with Crippen LogP contribution >= 0.6 is 22.6 Å². The number of nitrogens with zero attached hydrogens (tertiary/aromatic N) is 3. The molecule has 2 amide bonds. The molecule has 6 nitrogen and oxygen atoms in total. The summed E-state index contributed by atoms with van der Waals surface area (Å²) in [5.74, 6) is -0.407. The van der Waals surface area contributed by atoms with Crippen molar-refractivity contribution in [2.75, 3.05) is 4.90 Å². The van der Waals surface area contributed by atoms with E-state index in [1.807, 2.05) is 37.4 Å². The van der Waals surface area contributed by atoms with Crippen LogP contribution < -0.4 is 4.90 Å². The topological polar surface area (TPSA) is 74.9 Å². The first kappa shape index (κ1) is 15.7. The standard InChI is InChI=1S/C14H16IN3O3/c1-8(19)18(13(20)21)12-11(14(2,3)4)17-7-9(15)5-6-10(17)16-12/h5-7H,1-4H3,(H,20,21). The second-order valence-electron chi connectivity index (χ2n) is 5.75. The van der Waals surface area contributed by atoms with Gasteiger partial charge in [0.25, 0.3) is 0 Å². The number of pyridine rings is 1. The highest BCUT2D eigenvalue weighted by Gasteiger charge is 2.32. The lowest BCUT2D eigenvalue weighted by Gasteiger charge is -2.23. The monoisotopic (exact) mass is 401 g/mol. The van der Waals surface area contributed by atoms with E-state index in [1.54, 1.807) is 6.07 Å². The van der Waals surface area contributed by atoms with Crippen LogP contribution in [-0.2, 0) is 10.2 Å². The number of imidazole rings is 1. The molecule has 0 aliphatic rings. The fourth-order valence-corrected chi connectivity index (χ4v) is 2.69. The third-order valence-corrected chi connectivity index (χ3v) is 3.63. The zero-order chi connectivity index (χ0) is 15.9. The number of carboxylic acid groups (broad SMARTS) is 1. The predicted molar refractivity (Wildman–Crippen MR) is 87.8 cm³/mol. The third-order valence-electron chi connectivity index (χ3n) is 2.99. The van der Waals surface area contributed by atoms with E-state index >= 15 is 0 Å². The first-order valence-corrected chi connectivity index (χ1v) is 7.42. The Balaban J connectivity index is 2.85. The lowest BCUT2D eigenvalue weighted by Crippen LogP contribution is -2.36. The van der Waals surface area contributed by atoms with E-state index in [0.29, 0.717) is 16.2 Å². The van der Waals surface area contributed by atoms with Gasteiger partial charge in [-0.15, -0.1) is 0 Å². The lowest BCUT2D eigenvalue weighted by molar-refractivity contribution is -0.116. The van der Waals surface area contributed by atoms with Crippen LogP contribution in [0.5, 0.6) is 0 Å².